The lowest BCUT2D eigenvalue weighted by Crippen LogP contribution is -2.33. The quantitative estimate of drug-likeness (QED) is 0.685. The van der Waals surface area contributed by atoms with E-state index in [1.807, 2.05) is 30.5 Å². The number of rotatable bonds is 6. The molecule has 6 nitrogen and oxygen atoms in total. The van der Waals surface area contributed by atoms with Gasteiger partial charge in [-0.3, -0.25) is 4.79 Å². The van der Waals surface area contributed by atoms with Gasteiger partial charge >= 0.3 is 5.97 Å². The van der Waals surface area contributed by atoms with Crippen molar-refractivity contribution in [3.63, 3.8) is 0 Å². The molecule has 3 aromatic rings. The summed E-state index contributed by atoms with van der Waals surface area (Å²) in [5, 5.41) is 7.06. The van der Waals surface area contributed by atoms with E-state index in [4.69, 9.17) is 4.74 Å². The summed E-state index contributed by atoms with van der Waals surface area (Å²) in [6, 6.07) is 18.0. The zero-order valence-electron chi connectivity index (χ0n) is 14.6. The number of hydrogen-bond acceptors (Lipinski definition) is 4. The Bertz CT molecular complexity index is 917. The summed E-state index contributed by atoms with van der Waals surface area (Å²) >= 11 is 0. The molecule has 6 heteroatoms. The Morgan fingerprint density at radius 3 is 2.41 bits per heavy atom. The lowest BCUT2D eigenvalue weighted by atomic mass is 10.1. The Hall–Kier alpha value is -3.41. The molecule has 1 atom stereocenters. The van der Waals surface area contributed by atoms with Gasteiger partial charge in [0.15, 0.2) is 0 Å². The molecule has 0 saturated heterocycles. The van der Waals surface area contributed by atoms with Crippen LogP contribution in [0.25, 0.3) is 5.69 Å². The minimum absolute atomic E-state index is 0.191. The minimum atomic E-state index is -0.968. The summed E-state index contributed by atoms with van der Waals surface area (Å²) in [7, 11) is 0. The first-order valence-corrected chi connectivity index (χ1v) is 8.87. The maximum atomic E-state index is 12.6. The third-order valence-corrected chi connectivity index (χ3v) is 4.36. The monoisotopic (exact) mass is 361 g/mol. The van der Waals surface area contributed by atoms with Crippen molar-refractivity contribution in [1.29, 1.82) is 0 Å². The Balaban J connectivity index is 1.51. The molecule has 1 heterocycles. The van der Waals surface area contributed by atoms with Crippen LogP contribution in [0.1, 0.15) is 34.9 Å². The third-order valence-electron chi connectivity index (χ3n) is 4.36. The maximum absolute atomic E-state index is 12.6. The lowest BCUT2D eigenvalue weighted by molar-refractivity contribution is -0.130. The average molecular weight is 361 g/mol. The second-order valence-corrected chi connectivity index (χ2v) is 6.48. The predicted octanol–water partition coefficient (Wildman–Crippen LogP) is 3.05. The number of ether oxygens (including phenoxy) is 1. The number of carbonyl (C=O) groups excluding carboxylic acids is 2. The number of esters is 1. The van der Waals surface area contributed by atoms with E-state index < -0.39 is 12.1 Å². The third kappa shape index (κ3) is 4.06. The molecule has 1 N–H and O–H groups in total. The number of benzene rings is 2. The van der Waals surface area contributed by atoms with Crippen molar-refractivity contribution in [2.75, 3.05) is 0 Å². The summed E-state index contributed by atoms with van der Waals surface area (Å²) in [6.07, 6.45) is 4.48. The van der Waals surface area contributed by atoms with Crippen molar-refractivity contribution in [3.05, 3.63) is 84.2 Å². The fourth-order valence-electron chi connectivity index (χ4n) is 2.75. The molecular formula is C21H19N3O3. The molecule has 1 fully saturated rings. The second-order valence-electron chi connectivity index (χ2n) is 6.48. The van der Waals surface area contributed by atoms with Crippen LogP contribution in [-0.2, 0) is 9.53 Å². The molecule has 136 valence electrons. The van der Waals surface area contributed by atoms with Crippen molar-refractivity contribution in [2.24, 2.45) is 0 Å². The van der Waals surface area contributed by atoms with Crippen molar-refractivity contribution in [2.45, 2.75) is 25.0 Å². The minimum Gasteiger partial charge on any atom is -0.444 e. The zero-order chi connectivity index (χ0) is 18.6. The van der Waals surface area contributed by atoms with Crippen LogP contribution in [0.15, 0.2) is 73.1 Å². The topological polar surface area (TPSA) is 73.2 Å². The number of nitrogens with one attached hydrogen (secondary N) is 1. The van der Waals surface area contributed by atoms with Crippen LogP contribution in [0.5, 0.6) is 0 Å². The normalized spacial score (nSPS) is 14.4. The van der Waals surface area contributed by atoms with Crippen LogP contribution < -0.4 is 5.32 Å². The molecule has 0 spiro atoms. The molecule has 0 aliphatic heterocycles. The van der Waals surface area contributed by atoms with Crippen LogP contribution in [0, 0.1) is 0 Å². The predicted molar refractivity (Wildman–Crippen MR) is 99.3 cm³/mol. The van der Waals surface area contributed by atoms with E-state index in [-0.39, 0.29) is 11.9 Å². The van der Waals surface area contributed by atoms with Gasteiger partial charge in [0.25, 0.3) is 5.91 Å². The number of carbonyl (C=O) groups is 2. The van der Waals surface area contributed by atoms with Crippen molar-refractivity contribution < 1.29 is 14.3 Å². The summed E-state index contributed by atoms with van der Waals surface area (Å²) in [5.74, 6) is -0.827. The van der Waals surface area contributed by atoms with Crippen LogP contribution in [0.2, 0.25) is 0 Å². The second kappa shape index (κ2) is 7.45. The standard InChI is InChI=1S/C21H19N3O3/c25-20(23-17-9-10-17)19(15-5-2-1-3-6-15)27-21(26)16-7-11-18(12-8-16)24-14-4-13-22-24/h1-8,11-14,17,19H,9-10H2,(H,23,25)/t19-/m1/s1. The van der Waals surface area contributed by atoms with E-state index >= 15 is 0 Å². The Morgan fingerprint density at radius 2 is 1.78 bits per heavy atom. The molecule has 0 radical (unpaired) electrons. The molecule has 2 aromatic carbocycles. The number of hydrogen-bond donors (Lipinski definition) is 1. The van der Waals surface area contributed by atoms with Gasteiger partial charge in [-0.25, -0.2) is 9.48 Å². The van der Waals surface area contributed by atoms with Crippen molar-refractivity contribution >= 4 is 11.9 Å². The summed E-state index contributed by atoms with van der Waals surface area (Å²) in [6.45, 7) is 0. The zero-order valence-corrected chi connectivity index (χ0v) is 14.6. The molecule has 1 aromatic heterocycles. The SMILES string of the molecule is O=C(O[C@@H](C(=O)NC1CC1)c1ccccc1)c1ccc(-n2cccn2)cc1. The molecule has 4 rings (SSSR count). The highest BCUT2D eigenvalue weighted by Crippen LogP contribution is 2.24. The van der Waals surface area contributed by atoms with Crippen LogP contribution in [0.4, 0.5) is 0 Å². The fourth-order valence-corrected chi connectivity index (χ4v) is 2.75. The average Bonchev–Trinajstić information content (AvgIpc) is 3.35. The summed E-state index contributed by atoms with van der Waals surface area (Å²) in [5.41, 5.74) is 1.87. The van der Waals surface area contributed by atoms with E-state index in [1.165, 1.54) is 0 Å². The highest BCUT2D eigenvalue weighted by molar-refractivity contribution is 5.93. The fraction of sp³-hybridized carbons (Fsp3) is 0.190. The molecule has 1 saturated carbocycles. The molecule has 1 aliphatic carbocycles. The van der Waals surface area contributed by atoms with Gasteiger partial charge in [0.05, 0.1) is 11.3 Å². The van der Waals surface area contributed by atoms with Gasteiger partial charge in [-0.15, -0.1) is 0 Å². The van der Waals surface area contributed by atoms with Gasteiger partial charge in [0.2, 0.25) is 6.10 Å². The number of amides is 1. The number of nitrogens with zero attached hydrogens (tertiary/aromatic N) is 2. The first-order chi connectivity index (χ1) is 13.2. The highest BCUT2D eigenvalue weighted by atomic mass is 16.5. The first-order valence-electron chi connectivity index (χ1n) is 8.87. The Morgan fingerprint density at radius 1 is 1.04 bits per heavy atom. The first kappa shape index (κ1) is 17.0. The molecule has 27 heavy (non-hydrogen) atoms. The van der Waals surface area contributed by atoms with E-state index in [0.29, 0.717) is 11.1 Å². The van der Waals surface area contributed by atoms with E-state index in [2.05, 4.69) is 10.4 Å². The Kier molecular flexibility index (Phi) is 4.70. The molecule has 1 amide bonds. The van der Waals surface area contributed by atoms with Gasteiger partial charge in [-0.2, -0.15) is 5.10 Å². The van der Waals surface area contributed by atoms with Gasteiger partial charge in [-0.05, 0) is 43.2 Å². The summed E-state index contributed by atoms with van der Waals surface area (Å²) < 4.78 is 7.27. The smallest absolute Gasteiger partial charge is 0.339 e. The number of aromatic nitrogens is 2. The van der Waals surface area contributed by atoms with Crippen molar-refractivity contribution in [3.8, 4) is 5.69 Å². The molecule has 0 bridgehead atoms. The van der Waals surface area contributed by atoms with E-state index in [1.54, 1.807) is 47.3 Å². The Labute approximate surface area is 156 Å². The largest absolute Gasteiger partial charge is 0.444 e. The van der Waals surface area contributed by atoms with Gasteiger partial charge in [-0.1, -0.05) is 30.3 Å². The van der Waals surface area contributed by atoms with Gasteiger partial charge in [0.1, 0.15) is 0 Å². The van der Waals surface area contributed by atoms with Gasteiger partial charge in [0, 0.05) is 24.0 Å². The van der Waals surface area contributed by atoms with Crippen LogP contribution >= 0.6 is 0 Å². The maximum Gasteiger partial charge on any atom is 0.339 e. The van der Waals surface area contributed by atoms with Crippen LogP contribution in [0.3, 0.4) is 0 Å². The van der Waals surface area contributed by atoms with E-state index in [0.717, 1.165) is 18.5 Å². The molecule has 1 aliphatic rings. The molecular weight excluding hydrogens is 342 g/mol. The van der Waals surface area contributed by atoms with E-state index in [9.17, 15) is 9.59 Å². The van der Waals surface area contributed by atoms with Crippen molar-refractivity contribution in [1.82, 2.24) is 15.1 Å². The molecule has 0 unspecified atom stereocenters. The van der Waals surface area contributed by atoms with Crippen LogP contribution in [-0.4, -0.2) is 27.7 Å². The lowest BCUT2D eigenvalue weighted by Gasteiger charge is -2.18. The van der Waals surface area contributed by atoms with Gasteiger partial charge < -0.3 is 10.1 Å². The summed E-state index contributed by atoms with van der Waals surface area (Å²) in [4.78, 5) is 25.2. The highest BCUT2D eigenvalue weighted by Gasteiger charge is 2.31.